The summed E-state index contributed by atoms with van der Waals surface area (Å²) in [5.41, 5.74) is 3.61. The van der Waals surface area contributed by atoms with E-state index >= 15 is 0 Å². The summed E-state index contributed by atoms with van der Waals surface area (Å²) in [6.45, 7) is 1.76. The first-order valence-corrected chi connectivity index (χ1v) is 14.5. The van der Waals surface area contributed by atoms with Crippen molar-refractivity contribution < 1.29 is 19.3 Å². The summed E-state index contributed by atoms with van der Waals surface area (Å²) >= 11 is 1.28. The van der Waals surface area contributed by atoms with Crippen LogP contribution in [0, 0.1) is 17.0 Å². The van der Waals surface area contributed by atoms with Crippen LogP contribution in [0.2, 0.25) is 0 Å². The Hall–Kier alpha value is -5.68. The van der Waals surface area contributed by atoms with Crippen molar-refractivity contribution >= 4 is 63.5 Å². The zero-order valence-corrected chi connectivity index (χ0v) is 24.3. The van der Waals surface area contributed by atoms with E-state index in [-0.39, 0.29) is 23.0 Å². The number of thioether (sulfide) groups is 1. The number of carbonyl (C=O) groups is 3. The van der Waals surface area contributed by atoms with E-state index in [1.165, 1.54) is 23.9 Å². The van der Waals surface area contributed by atoms with Gasteiger partial charge in [0, 0.05) is 50.9 Å². The molecule has 0 aliphatic rings. The molecule has 0 radical (unpaired) electrons. The maximum absolute atomic E-state index is 13.4. The van der Waals surface area contributed by atoms with Crippen LogP contribution in [-0.4, -0.2) is 33.4 Å². The van der Waals surface area contributed by atoms with Crippen molar-refractivity contribution in [2.45, 2.75) is 11.8 Å². The van der Waals surface area contributed by atoms with Gasteiger partial charge in [-0.3, -0.25) is 24.5 Å². The van der Waals surface area contributed by atoms with Gasteiger partial charge in [-0.15, -0.1) is 11.8 Å². The molecule has 0 aliphatic heterocycles. The molecule has 0 spiro atoms. The minimum atomic E-state index is -0.512. The van der Waals surface area contributed by atoms with Crippen molar-refractivity contribution in [1.29, 1.82) is 0 Å². The highest BCUT2D eigenvalue weighted by Gasteiger charge is 2.17. The van der Waals surface area contributed by atoms with E-state index in [4.69, 9.17) is 0 Å². The first-order valence-electron chi connectivity index (χ1n) is 13.5. The second kappa shape index (κ2) is 13.5. The lowest BCUT2D eigenvalue weighted by Gasteiger charge is -2.12. The molecule has 0 fully saturated rings. The Morgan fingerprint density at radius 2 is 1.64 bits per heavy atom. The van der Waals surface area contributed by atoms with Crippen LogP contribution in [0.5, 0.6) is 0 Å². The van der Waals surface area contributed by atoms with Gasteiger partial charge in [0.1, 0.15) is 5.70 Å². The number of non-ortho nitro benzene ring substituents is 1. The Morgan fingerprint density at radius 1 is 0.909 bits per heavy atom. The van der Waals surface area contributed by atoms with Crippen LogP contribution in [0.4, 0.5) is 17.1 Å². The maximum atomic E-state index is 13.4. The summed E-state index contributed by atoms with van der Waals surface area (Å²) in [5.74, 6) is -1.15. The zero-order valence-electron chi connectivity index (χ0n) is 23.5. The quantitative estimate of drug-likeness (QED) is 0.0617. The third kappa shape index (κ3) is 7.39. The van der Waals surface area contributed by atoms with E-state index in [1.54, 1.807) is 79.9 Å². The lowest BCUT2D eigenvalue weighted by molar-refractivity contribution is -0.384. The maximum Gasteiger partial charge on any atom is 0.272 e. The van der Waals surface area contributed by atoms with E-state index in [0.29, 0.717) is 22.5 Å². The van der Waals surface area contributed by atoms with Gasteiger partial charge in [0.15, 0.2) is 0 Å². The molecule has 5 rings (SSSR count). The SMILES string of the molecule is Cc1ccc([N+](=O)[O-])cc1NC(=O)CSc1ccc(NC(=O)C(=Cc2c[nH]c3ccccc23)NC(=O)c2ccccc2)cc1. The third-order valence-corrected chi connectivity index (χ3v) is 7.65. The predicted octanol–water partition coefficient (Wildman–Crippen LogP) is 6.52. The zero-order chi connectivity index (χ0) is 31.1. The molecule has 10 nitrogen and oxygen atoms in total. The highest BCUT2D eigenvalue weighted by molar-refractivity contribution is 8.00. The summed E-state index contributed by atoms with van der Waals surface area (Å²) in [4.78, 5) is 53.4. The molecule has 0 saturated carbocycles. The first-order chi connectivity index (χ1) is 21.3. The highest BCUT2D eigenvalue weighted by Crippen LogP contribution is 2.25. The number of fused-ring (bicyclic) bond motifs is 1. The van der Waals surface area contributed by atoms with E-state index < -0.39 is 16.7 Å². The van der Waals surface area contributed by atoms with E-state index in [9.17, 15) is 24.5 Å². The molecule has 11 heteroatoms. The van der Waals surface area contributed by atoms with Crippen LogP contribution in [0.3, 0.4) is 0 Å². The van der Waals surface area contributed by atoms with Crippen LogP contribution >= 0.6 is 11.8 Å². The number of amides is 3. The number of nitro benzene ring substituents is 1. The average Bonchev–Trinajstić information content (AvgIpc) is 3.44. The number of carbonyl (C=O) groups excluding carboxylic acids is 3. The standard InChI is InChI=1S/C33H27N5O5S/c1-21-11-14-25(38(42)43)18-29(21)36-31(39)20-44-26-15-12-24(13-16-26)35-33(41)30(37-32(40)22-7-3-2-4-8-22)17-23-19-34-28-10-6-5-9-27(23)28/h2-19,34H,20H2,1H3,(H,35,41)(H,36,39)(H,37,40). The monoisotopic (exact) mass is 605 g/mol. The Bertz CT molecular complexity index is 1880. The molecule has 44 heavy (non-hydrogen) atoms. The Kier molecular flexibility index (Phi) is 9.16. The molecular formula is C33H27N5O5S. The second-order valence-corrected chi connectivity index (χ2v) is 10.8. The molecule has 0 aliphatic carbocycles. The summed E-state index contributed by atoms with van der Waals surface area (Å²) in [6.07, 6.45) is 3.40. The van der Waals surface area contributed by atoms with Gasteiger partial charge >= 0.3 is 0 Å². The lowest BCUT2D eigenvalue weighted by Crippen LogP contribution is -2.30. The number of hydrogen-bond donors (Lipinski definition) is 4. The van der Waals surface area contributed by atoms with E-state index in [0.717, 1.165) is 21.4 Å². The van der Waals surface area contributed by atoms with Crippen molar-refractivity contribution in [3.05, 3.63) is 136 Å². The number of anilines is 2. The summed E-state index contributed by atoms with van der Waals surface area (Å²) in [7, 11) is 0. The third-order valence-electron chi connectivity index (χ3n) is 6.64. The van der Waals surface area contributed by atoms with Crippen molar-refractivity contribution in [3.63, 3.8) is 0 Å². The molecule has 4 N–H and O–H groups in total. The number of hydrogen-bond acceptors (Lipinski definition) is 6. The average molecular weight is 606 g/mol. The highest BCUT2D eigenvalue weighted by atomic mass is 32.2. The Balaban J connectivity index is 1.26. The first kappa shape index (κ1) is 29.8. The number of aromatic nitrogens is 1. The number of H-pyrrole nitrogens is 1. The molecule has 5 aromatic rings. The molecule has 0 unspecified atom stereocenters. The molecule has 220 valence electrons. The van der Waals surface area contributed by atoms with Gasteiger partial charge in [-0.2, -0.15) is 0 Å². The normalized spacial score (nSPS) is 11.2. The van der Waals surface area contributed by atoms with Crippen molar-refractivity contribution in [1.82, 2.24) is 10.3 Å². The van der Waals surface area contributed by atoms with Gasteiger partial charge < -0.3 is 20.9 Å². The summed E-state index contributed by atoms with van der Waals surface area (Å²) in [6, 6.07) is 27.5. The van der Waals surface area contributed by atoms with Crippen LogP contribution in [-0.2, 0) is 9.59 Å². The molecule has 3 amide bonds. The number of rotatable bonds is 10. The number of nitrogens with zero attached hydrogens (tertiary/aromatic N) is 1. The molecule has 0 bridgehead atoms. The van der Waals surface area contributed by atoms with Crippen LogP contribution < -0.4 is 16.0 Å². The minimum Gasteiger partial charge on any atom is -0.361 e. The largest absolute Gasteiger partial charge is 0.361 e. The van der Waals surface area contributed by atoms with Gasteiger partial charge in [0.05, 0.1) is 16.4 Å². The Labute approximate surface area is 256 Å². The number of benzene rings is 4. The van der Waals surface area contributed by atoms with Crippen molar-refractivity contribution in [3.8, 4) is 0 Å². The van der Waals surface area contributed by atoms with Gasteiger partial charge in [-0.25, -0.2) is 0 Å². The van der Waals surface area contributed by atoms with Gasteiger partial charge in [0.25, 0.3) is 17.5 Å². The smallest absolute Gasteiger partial charge is 0.272 e. The molecular weight excluding hydrogens is 578 g/mol. The predicted molar refractivity (Wildman–Crippen MR) is 172 cm³/mol. The Morgan fingerprint density at radius 3 is 2.39 bits per heavy atom. The fourth-order valence-corrected chi connectivity index (χ4v) is 5.04. The topological polar surface area (TPSA) is 146 Å². The number of aromatic amines is 1. The van der Waals surface area contributed by atoms with Crippen LogP contribution in [0.25, 0.3) is 17.0 Å². The van der Waals surface area contributed by atoms with Gasteiger partial charge in [-0.1, -0.05) is 42.5 Å². The van der Waals surface area contributed by atoms with Crippen molar-refractivity contribution in [2.75, 3.05) is 16.4 Å². The number of nitrogens with one attached hydrogen (secondary N) is 4. The van der Waals surface area contributed by atoms with Gasteiger partial charge in [-0.05, 0) is 61.0 Å². The molecule has 4 aromatic carbocycles. The number of para-hydroxylation sites is 1. The molecule has 1 heterocycles. The number of nitro groups is 1. The van der Waals surface area contributed by atoms with Crippen LogP contribution in [0.15, 0.2) is 114 Å². The molecule has 0 saturated heterocycles. The fraction of sp³-hybridized carbons (Fsp3) is 0.0606. The summed E-state index contributed by atoms with van der Waals surface area (Å²) < 4.78 is 0. The molecule has 1 aromatic heterocycles. The van der Waals surface area contributed by atoms with Crippen LogP contribution in [0.1, 0.15) is 21.5 Å². The fourth-order valence-electron chi connectivity index (χ4n) is 4.34. The molecule has 0 atom stereocenters. The van der Waals surface area contributed by atoms with Gasteiger partial charge in [0.2, 0.25) is 5.91 Å². The summed E-state index contributed by atoms with van der Waals surface area (Å²) in [5, 5.41) is 20.2. The minimum absolute atomic E-state index is 0.0650. The lowest BCUT2D eigenvalue weighted by atomic mass is 10.1. The van der Waals surface area contributed by atoms with E-state index in [1.807, 2.05) is 24.3 Å². The second-order valence-electron chi connectivity index (χ2n) is 9.74. The van der Waals surface area contributed by atoms with E-state index in [2.05, 4.69) is 20.9 Å². The van der Waals surface area contributed by atoms with Crippen molar-refractivity contribution in [2.24, 2.45) is 0 Å². The number of aryl methyl sites for hydroxylation is 1.